The zero-order valence-corrected chi connectivity index (χ0v) is 15.0. The largest absolute Gasteiger partial charge is 0.507 e. The molecule has 0 heterocycles. The van der Waals surface area contributed by atoms with E-state index in [1.807, 2.05) is 30.3 Å². The van der Waals surface area contributed by atoms with E-state index in [9.17, 15) is 14.7 Å². The highest BCUT2D eigenvalue weighted by Crippen LogP contribution is 2.24. The van der Waals surface area contributed by atoms with Gasteiger partial charge in [0.05, 0.1) is 11.3 Å². The second-order valence-corrected chi connectivity index (χ2v) is 6.12. The molecule has 2 amide bonds. The van der Waals surface area contributed by atoms with Crippen molar-refractivity contribution in [2.45, 2.75) is 13.8 Å². The van der Waals surface area contributed by atoms with Crippen LogP contribution in [0.1, 0.15) is 29.8 Å². The second-order valence-electron chi connectivity index (χ2n) is 6.12. The van der Waals surface area contributed by atoms with Crippen LogP contribution < -0.4 is 10.7 Å². The maximum atomic E-state index is 12.4. The number of carbonyl (C=O) groups is 2. The first-order chi connectivity index (χ1) is 12.9. The standard InChI is InChI=1S/C21H19N3O3/c1-13(15-8-5-9-18(10-15)22-14(2)25)23-24-21(27)19-11-16-6-3-4-7-17(16)12-20(19)26/h3-12,26H,1-2H3,(H,22,25)(H,24,27)/b23-13+. The Balaban J connectivity index is 1.80. The number of hydrazone groups is 1. The number of benzene rings is 3. The first kappa shape index (κ1) is 18.1. The Bertz CT molecular complexity index is 1060. The Morgan fingerprint density at radius 2 is 1.63 bits per heavy atom. The van der Waals surface area contributed by atoms with E-state index in [-0.39, 0.29) is 17.2 Å². The molecule has 0 aliphatic heterocycles. The molecule has 6 heteroatoms. The third-order valence-corrected chi connectivity index (χ3v) is 4.03. The summed E-state index contributed by atoms with van der Waals surface area (Å²) >= 11 is 0. The number of carbonyl (C=O) groups excluding carboxylic acids is 2. The number of rotatable bonds is 4. The van der Waals surface area contributed by atoms with Crippen molar-refractivity contribution < 1.29 is 14.7 Å². The average Bonchev–Trinajstić information content (AvgIpc) is 2.65. The molecule has 6 nitrogen and oxygen atoms in total. The molecule has 136 valence electrons. The van der Waals surface area contributed by atoms with Crippen molar-refractivity contribution in [2.24, 2.45) is 5.10 Å². The van der Waals surface area contributed by atoms with Gasteiger partial charge in [-0.1, -0.05) is 36.4 Å². The van der Waals surface area contributed by atoms with Gasteiger partial charge >= 0.3 is 0 Å². The summed E-state index contributed by atoms with van der Waals surface area (Å²) in [6.45, 7) is 3.18. The maximum Gasteiger partial charge on any atom is 0.275 e. The van der Waals surface area contributed by atoms with Gasteiger partial charge in [0.2, 0.25) is 5.91 Å². The van der Waals surface area contributed by atoms with Crippen LogP contribution in [0, 0.1) is 0 Å². The lowest BCUT2D eigenvalue weighted by molar-refractivity contribution is -0.114. The summed E-state index contributed by atoms with van der Waals surface area (Å²) in [5, 5.41) is 18.6. The van der Waals surface area contributed by atoms with Crippen molar-refractivity contribution in [1.82, 2.24) is 5.43 Å². The summed E-state index contributed by atoms with van der Waals surface area (Å²) in [5.74, 6) is -0.774. The van der Waals surface area contributed by atoms with E-state index < -0.39 is 5.91 Å². The zero-order valence-electron chi connectivity index (χ0n) is 15.0. The molecule has 0 atom stereocenters. The van der Waals surface area contributed by atoms with Crippen LogP contribution in [-0.2, 0) is 4.79 Å². The van der Waals surface area contributed by atoms with E-state index >= 15 is 0 Å². The molecule has 0 aliphatic carbocycles. The number of anilines is 1. The average molecular weight is 361 g/mol. The normalized spacial score (nSPS) is 11.3. The zero-order chi connectivity index (χ0) is 19.4. The highest BCUT2D eigenvalue weighted by atomic mass is 16.3. The van der Waals surface area contributed by atoms with Gasteiger partial charge in [0.1, 0.15) is 5.75 Å². The Labute approximate surface area is 156 Å². The van der Waals surface area contributed by atoms with E-state index in [4.69, 9.17) is 0 Å². The minimum atomic E-state index is -0.504. The van der Waals surface area contributed by atoms with Gasteiger partial charge in [0.15, 0.2) is 0 Å². The fraction of sp³-hybridized carbons (Fsp3) is 0.0952. The van der Waals surface area contributed by atoms with Crippen molar-refractivity contribution in [3.63, 3.8) is 0 Å². The van der Waals surface area contributed by atoms with Crippen molar-refractivity contribution in [2.75, 3.05) is 5.32 Å². The number of phenolic OH excluding ortho intramolecular Hbond substituents is 1. The summed E-state index contributed by atoms with van der Waals surface area (Å²) in [7, 11) is 0. The monoisotopic (exact) mass is 361 g/mol. The molecule has 3 rings (SSSR count). The van der Waals surface area contributed by atoms with Crippen molar-refractivity contribution in [3.05, 3.63) is 71.8 Å². The first-order valence-corrected chi connectivity index (χ1v) is 8.38. The number of fused-ring (bicyclic) bond motifs is 1. The molecule has 0 aliphatic rings. The number of amides is 2. The van der Waals surface area contributed by atoms with Crippen LogP contribution in [0.4, 0.5) is 5.69 Å². The lowest BCUT2D eigenvalue weighted by Gasteiger charge is -2.08. The second kappa shape index (κ2) is 7.70. The molecule has 0 bridgehead atoms. The predicted octanol–water partition coefficient (Wildman–Crippen LogP) is 3.66. The molecule has 3 aromatic rings. The topological polar surface area (TPSA) is 90.8 Å². The highest BCUT2D eigenvalue weighted by molar-refractivity contribution is 6.04. The minimum Gasteiger partial charge on any atom is -0.507 e. The van der Waals surface area contributed by atoms with Crippen molar-refractivity contribution in [1.29, 1.82) is 0 Å². The fourth-order valence-corrected chi connectivity index (χ4v) is 2.69. The van der Waals surface area contributed by atoms with Crippen LogP contribution in [-0.4, -0.2) is 22.6 Å². The number of aromatic hydroxyl groups is 1. The Kier molecular flexibility index (Phi) is 5.17. The molecular weight excluding hydrogens is 342 g/mol. The molecular formula is C21H19N3O3. The number of hydrogen-bond acceptors (Lipinski definition) is 4. The van der Waals surface area contributed by atoms with Crippen LogP contribution in [0.25, 0.3) is 10.8 Å². The molecule has 0 spiro atoms. The number of nitrogens with one attached hydrogen (secondary N) is 2. The van der Waals surface area contributed by atoms with Crippen molar-refractivity contribution in [3.8, 4) is 5.75 Å². The molecule has 3 N–H and O–H groups in total. The van der Waals surface area contributed by atoms with Gasteiger partial charge in [-0.2, -0.15) is 5.10 Å². The van der Waals surface area contributed by atoms with Gasteiger partial charge in [-0.15, -0.1) is 0 Å². The fourth-order valence-electron chi connectivity index (χ4n) is 2.69. The summed E-state index contributed by atoms with van der Waals surface area (Å²) in [5.41, 5.74) is 4.58. The van der Waals surface area contributed by atoms with Crippen LogP contribution in [0.2, 0.25) is 0 Å². The van der Waals surface area contributed by atoms with E-state index in [0.717, 1.165) is 16.3 Å². The Hall–Kier alpha value is -3.67. The molecule has 0 radical (unpaired) electrons. The molecule has 27 heavy (non-hydrogen) atoms. The van der Waals surface area contributed by atoms with E-state index in [0.29, 0.717) is 11.4 Å². The molecule has 3 aromatic carbocycles. The van der Waals surface area contributed by atoms with Gasteiger partial charge in [0, 0.05) is 12.6 Å². The van der Waals surface area contributed by atoms with Crippen LogP contribution >= 0.6 is 0 Å². The van der Waals surface area contributed by atoms with E-state index in [1.165, 1.54) is 6.92 Å². The van der Waals surface area contributed by atoms with Gasteiger partial charge < -0.3 is 10.4 Å². The summed E-state index contributed by atoms with van der Waals surface area (Å²) < 4.78 is 0. The number of phenols is 1. The number of hydrogen-bond donors (Lipinski definition) is 3. The molecule has 0 unspecified atom stereocenters. The SMILES string of the molecule is CC(=O)Nc1cccc(/C(C)=N/NC(=O)c2cc3ccccc3cc2O)c1. The third-order valence-electron chi connectivity index (χ3n) is 4.03. The van der Waals surface area contributed by atoms with E-state index in [2.05, 4.69) is 15.8 Å². The lowest BCUT2D eigenvalue weighted by Crippen LogP contribution is -2.19. The Morgan fingerprint density at radius 1 is 0.926 bits per heavy atom. The molecule has 0 saturated heterocycles. The van der Waals surface area contributed by atoms with Gasteiger partial charge in [0.25, 0.3) is 5.91 Å². The highest BCUT2D eigenvalue weighted by Gasteiger charge is 2.12. The van der Waals surface area contributed by atoms with Gasteiger partial charge in [-0.25, -0.2) is 5.43 Å². The van der Waals surface area contributed by atoms with Crippen LogP contribution in [0.5, 0.6) is 5.75 Å². The quantitative estimate of drug-likeness (QED) is 0.489. The maximum absolute atomic E-state index is 12.4. The smallest absolute Gasteiger partial charge is 0.275 e. The predicted molar refractivity (Wildman–Crippen MR) is 106 cm³/mol. The number of nitrogens with zero attached hydrogens (tertiary/aromatic N) is 1. The first-order valence-electron chi connectivity index (χ1n) is 8.38. The van der Waals surface area contributed by atoms with Gasteiger partial charge in [-0.05, 0) is 47.5 Å². The third kappa shape index (κ3) is 4.30. The Morgan fingerprint density at radius 3 is 2.33 bits per heavy atom. The van der Waals surface area contributed by atoms with Crippen LogP contribution in [0.15, 0.2) is 65.8 Å². The van der Waals surface area contributed by atoms with Gasteiger partial charge in [-0.3, -0.25) is 9.59 Å². The lowest BCUT2D eigenvalue weighted by atomic mass is 10.1. The molecule has 0 saturated carbocycles. The molecule has 0 aromatic heterocycles. The summed E-state index contributed by atoms with van der Waals surface area (Å²) in [6.07, 6.45) is 0. The minimum absolute atomic E-state index is 0.105. The van der Waals surface area contributed by atoms with Crippen molar-refractivity contribution >= 4 is 34.0 Å². The molecule has 0 fully saturated rings. The summed E-state index contributed by atoms with van der Waals surface area (Å²) in [6, 6.07) is 17.8. The van der Waals surface area contributed by atoms with Crippen LogP contribution in [0.3, 0.4) is 0 Å². The van der Waals surface area contributed by atoms with E-state index in [1.54, 1.807) is 37.3 Å². The summed E-state index contributed by atoms with van der Waals surface area (Å²) in [4.78, 5) is 23.6.